The molecule has 8 heteroatoms. The maximum atomic E-state index is 13.2. The second-order valence-electron chi connectivity index (χ2n) is 6.52. The van der Waals surface area contributed by atoms with Crippen LogP contribution in [-0.2, 0) is 11.3 Å². The Kier molecular flexibility index (Phi) is 5.47. The third kappa shape index (κ3) is 4.49. The highest BCUT2D eigenvalue weighted by molar-refractivity contribution is 5.90. The molecule has 1 amide bonds. The summed E-state index contributed by atoms with van der Waals surface area (Å²) in [7, 11) is 0. The number of nitrogens with zero attached hydrogens (tertiary/aromatic N) is 3. The van der Waals surface area contributed by atoms with Crippen molar-refractivity contribution < 1.29 is 13.9 Å². The number of rotatable bonds is 6. The molecule has 150 valence electrons. The Morgan fingerprint density at radius 3 is 2.60 bits per heavy atom. The number of hydrogen-bond donors (Lipinski definition) is 1. The van der Waals surface area contributed by atoms with Crippen molar-refractivity contribution in [3.63, 3.8) is 0 Å². The van der Waals surface area contributed by atoms with Crippen LogP contribution >= 0.6 is 0 Å². The average Bonchev–Trinajstić information content (AvgIpc) is 2.75. The molecule has 0 aliphatic rings. The first kappa shape index (κ1) is 19.3. The minimum atomic E-state index is -0.383. The van der Waals surface area contributed by atoms with E-state index >= 15 is 0 Å². The minimum Gasteiger partial charge on any atom is -0.457 e. The predicted octanol–water partition coefficient (Wildman–Crippen LogP) is 3.75. The summed E-state index contributed by atoms with van der Waals surface area (Å²) in [5, 5.41) is 11.1. The van der Waals surface area contributed by atoms with Crippen LogP contribution < -0.4 is 15.6 Å². The molecule has 0 bridgehead atoms. The van der Waals surface area contributed by atoms with Gasteiger partial charge in [-0.2, -0.15) is 0 Å². The van der Waals surface area contributed by atoms with Crippen LogP contribution in [0.1, 0.15) is 6.42 Å². The van der Waals surface area contributed by atoms with E-state index in [9.17, 15) is 14.0 Å². The van der Waals surface area contributed by atoms with E-state index in [0.717, 1.165) is 0 Å². The van der Waals surface area contributed by atoms with Crippen LogP contribution in [0.5, 0.6) is 11.5 Å². The molecule has 7 nitrogen and oxygen atoms in total. The minimum absolute atomic E-state index is 0.0640. The second-order valence-corrected chi connectivity index (χ2v) is 6.52. The van der Waals surface area contributed by atoms with Crippen LogP contribution in [0.2, 0.25) is 0 Å². The van der Waals surface area contributed by atoms with E-state index in [1.54, 1.807) is 60.7 Å². The summed E-state index contributed by atoms with van der Waals surface area (Å²) in [5.74, 6) is 0.243. The Hall–Kier alpha value is -4.07. The van der Waals surface area contributed by atoms with Crippen molar-refractivity contribution in [1.29, 1.82) is 0 Å². The van der Waals surface area contributed by atoms with Gasteiger partial charge in [0.1, 0.15) is 22.8 Å². The molecule has 1 heterocycles. The average molecular weight is 404 g/mol. The van der Waals surface area contributed by atoms with Gasteiger partial charge in [0.25, 0.3) is 5.56 Å². The molecule has 0 aliphatic carbocycles. The van der Waals surface area contributed by atoms with Crippen molar-refractivity contribution in [2.45, 2.75) is 13.0 Å². The summed E-state index contributed by atoms with van der Waals surface area (Å²) in [6, 6.07) is 19.4. The van der Waals surface area contributed by atoms with E-state index in [2.05, 4.69) is 15.6 Å². The summed E-state index contributed by atoms with van der Waals surface area (Å²) >= 11 is 0. The Balaban J connectivity index is 1.35. The van der Waals surface area contributed by atoms with E-state index in [0.29, 0.717) is 28.1 Å². The van der Waals surface area contributed by atoms with Crippen molar-refractivity contribution >= 4 is 22.5 Å². The Labute approximate surface area is 170 Å². The molecule has 1 aromatic heterocycles. The molecule has 0 atom stereocenters. The molecule has 0 saturated carbocycles. The molecular weight excluding hydrogens is 387 g/mol. The predicted molar refractivity (Wildman–Crippen MR) is 110 cm³/mol. The zero-order chi connectivity index (χ0) is 20.9. The summed E-state index contributed by atoms with van der Waals surface area (Å²) in [4.78, 5) is 24.6. The Bertz CT molecular complexity index is 1260. The summed E-state index contributed by atoms with van der Waals surface area (Å²) in [6.07, 6.45) is 0.0640. The summed E-state index contributed by atoms with van der Waals surface area (Å²) in [5.41, 5.74) is 0.805. The van der Waals surface area contributed by atoms with E-state index in [1.165, 1.54) is 16.8 Å². The molecule has 4 aromatic rings. The van der Waals surface area contributed by atoms with Crippen LogP contribution in [-0.4, -0.2) is 20.9 Å². The van der Waals surface area contributed by atoms with Crippen molar-refractivity contribution in [1.82, 2.24) is 15.0 Å². The highest BCUT2D eigenvalue weighted by Crippen LogP contribution is 2.23. The first-order chi connectivity index (χ1) is 14.6. The van der Waals surface area contributed by atoms with Crippen molar-refractivity contribution in [3.8, 4) is 11.5 Å². The SMILES string of the molecule is O=C(CCn1nnc2ccccc2c1=O)Nc1ccc(Oc2cccc(F)c2)cc1. The van der Waals surface area contributed by atoms with Gasteiger partial charge in [-0.05, 0) is 48.5 Å². The van der Waals surface area contributed by atoms with Gasteiger partial charge in [0.15, 0.2) is 0 Å². The van der Waals surface area contributed by atoms with Gasteiger partial charge < -0.3 is 10.1 Å². The van der Waals surface area contributed by atoms with Crippen molar-refractivity contribution in [2.75, 3.05) is 5.32 Å². The standard InChI is InChI=1S/C22H17FN4O3/c23-15-4-3-5-18(14-15)30-17-10-8-16(9-11-17)24-21(28)12-13-27-22(29)19-6-1-2-7-20(19)25-26-27/h1-11,14H,12-13H2,(H,24,28). The second kappa shape index (κ2) is 8.52. The molecule has 0 fully saturated rings. The lowest BCUT2D eigenvalue weighted by atomic mass is 10.2. The van der Waals surface area contributed by atoms with E-state index < -0.39 is 0 Å². The van der Waals surface area contributed by atoms with E-state index in [-0.39, 0.29) is 30.2 Å². The topological polar surface area (TPSA) is 86.1 Å². The number of hydrogen-bond acceptors (Lipinski definition) is 5. The van der Waals surface area contributed by atoms with Gasteiger partial charge in [-0.1, -0.05) is 23.4 Å². The number of aromatic nitrogens is 3. The number of carbonyl (C=O) groups is 1. The summed E-state index contributed by atoms with van der Waals surface area (Å²) < 4.78 is 20.0. The number of fused-ring (bicyclic) bond motifs is 1. The first-order valence-electron chi connectivity index (χ1n) is 9.24. The molecule has 0 radical (unpaired) electrons. The van der Waals surface area contributed by atoms with Crippen LogP contribution in [0.15, 0.2) is 77.6 Å². The summed E-state index contributed by atoms with van der Waals surface area (Å²) in [6.45, 7) is 0.114. The normalized spacial score (nSPS) is 10.7. The van der Waals surface area contributed by atoms with E-state index in [1.807, 2.05) is 0 Å². The number of carbonyl (C=O) groups excluding carboxylic acids is 1. The number of ether oxygens (including phenoxy) is 1. The quantitative estimate of drug-likeness (QED) is 0.529. The lowest BCUT2D eigenvalue weighted by Gasteiger charge is -2.09. The van der Waals surface area contributed by atoms with Gasteiger partial charge in [-0.15, -0.1) is 5.10 Å². The Morgan fingerprint density at radius 1 is 1.00 bits per heavy atom. The van der Waals surface area contributed by atoms with Crippen LogP contribution in [0.4, 0.5) is 10.1 Å². The van der Waals surface area contributed by atoms with Gasteiger partial charge in [-0.3, -0.25) is 9.59 Å². The highest BCUT2D eigenvalue weighted by Gasteiger charge is 2.08. The monoisotopic (exact) mass is 404 g/mol. The number of benzene rings is 3. The van der Waals surface area contributed by atoms with Gasteiger partial charge in [0.2, 0.25) is 5.91 Å². The fraction of sp³-hybridized carbons (Fsp3) is 0.0909. The Morgan fingerprint density at radius 2 is 1.80 bits per heavy atom. The number of nitrogens with one attached hydrogen (secondary N) is 1. The number of aryl methyl sites for hydroxylation is 1. The lowest BCUT2D eigenvalue weighted by molar-refractivity contribution is -0.116. The van der Waals surface area contributed by atoms with Crippen LogP contribution in [0, 0.1) is 5.82 Å². The van der Waals surface area contributed by atoms with Crippen molar-refractivity contribution in [2.24, 2.45) is 0 Å². The zero-order valence-corrected chi connectivity index (χ0v) is 15.8. The molecule has 0 aliphatic heterocycles. The molecule has 1 N–H and O–H groups in total. The molecule has 30 heavy (non-hydrogen) atoms. The van der Waals surface area contributed by atoms with Crippen molar-refractivity contribution in [3.05, 3.63) is 89.0 Å². The number of halogens is 1. The van der Waals surface area contributed by atoms with Gasteiger partial charge in [0.05, 0.1) is 11.9 Å². The molecule has 3 aromatic carbocycles. The molecule has 0 saturated heterocycles. The zero-order valence-electron chi connectivity index (χ0n) is 15.8. The van der Waals surface area contributed by atoms with Gasteiger partial charge >= 0.3 is 0 Å². The first-order valence-corrected chi connectivity index (χ1v) is 9.24. The van der Waals surface area contributed by atoms with E-state index in [4.69, 9.17) is 4.74 Å². The van der Waals surface area contributed by atoms with Gasteiger partial charge in [0, 0.05) is 18.2 Å². The fourth-order valence-corrected chi connectivity index (χ4v) is 2.87. The smallest absolute Gasteiger partial charge is 0.277 e. The fourth-order valence-electron chi connectivity index (χ4n) is 2.87. The maximum Gasteiger partial charge on any atom is 0.277 e. The third-order valence-electron chi connectivity index (χ3n) is 4.35. The lowest BCUT2D eigenvalue weighted by Crippen LogP contribution is -2.26. The maximum absolute atomic E-state index is 13.2. The number of amides is 1. The van der Waals surface area contributed by atoms with Crippen LogP contribution in [0.3, 0.4) is 0 Å². The third-order valence-corrected chi connectivity index (χ3v) is 4.35. The van der Waals surface area contributed by atoms with Crippen LogP contribution in [0.25, 0.3) is 10.9 Å². The number of anilines is 1. The van der Waals surface area contributed by atoms with Gasteiger partial charge in [-0.25, -0.2) is 9.07 Å². The largest absolute Gasteiger partial charge is 0.457 e. The molecule has 4 rings (SSSR count). The molecule has 0 spiro atoms. The highest BCUT2D eigenvalue weighted by atomic mass is 19.1. The molecular formula is C22H17FN4O3. The molecule has 0 unspecified atom stereocenters.